The Morgan fingerprint density at radius 1 is 1.80 bits per heavy atom. The predicted octanol–water partition coefficient (Wildman–Crippen LogP) is 1.06. The van der Waals surface area contributed by atoms with Crippen LogP contribution in [0.15, 0.2) is 12.7 Å². The summed E-state index contributed by atoms with van der Waals surface area (Å²) < 4.78 is 14.4. The zero-order chi connectivity index (χ0) is 8.20. The standard InChI is InChI=1S/C5H11O4P/c1-3-4-5(2)9-10(6,7)8/h3,5H,1,4H2,2H3,(H2,6,7,8). The van der Waals surface area contributed by atoms with E-state index < -0.39 is 13.9 Å². The molecule has 0 aromatic heterocycles. The first-order valence-corrected chi connectivity index (χ1v) is 4.33. The van der Waals surface area contributed by atoms with Crippen molar-refractivity contribution in [2.24, 2.45) is 0 Å². The molecule has 0 heterocycles. The molecule has 0 radical (unpaired) electrons. The van der Waals surface area contributed by atoms with Gasteiger partial charge in [0.1, 0.15) is 0 Å². The Kier molecular flexibility index (Phi) is 3.83. The number of rotatable bonds is 4. The molecule has 4 nitrogen and oxygen atoms in total. The molecule has 0 aliphatic carbocycles. The van der Waals surface area contributed by atoms with Crippen LogP contribution in [-0.2, 0) is 9.09 Å². The lowest BCUT2D eigenvalue weighted by atomic mass is 10.3. The molecule has 0 aliphatic rings. The summed E-state index contributed by atoms with van der Waals surface area (Å²) in [6.45, 7) is 4.97. The molecule has 5 heteroatoms. The van der Waals surface area contributed by atoms with Gasteiger partial charge in [-0.25, -0.2) is 4.57 Å². The first-order chi connectivity index (χ1) is 4.45. The van der Waals surface area contributed by atoms with Gasteiger partial charge in [-0.2, -0.15) is 0 Å². The van der Waals surface area contributed by atoms with Gasteiger partial charge in [-0.05, 0) is 13.3 Å². The van der Waals surface area contributed by atoms with E-state index >= 15 is 0 Å². The van der Waals surface area contributed by atoms with E-state index in [0.29, 0.717) is 6.42 Å². The summed E-state index contributed by atoms with van der Waals surface area (Å²) in [5, 5.41) is 0. The Labute approximate surface area is 59.8 Å². The van der Waals surface area contributed by atoms with Crippen molar-refractivity contribution in [3.8, 4) is 0 Å². The maximum Gasteiger partial charge on any atom is 0.469 e. The molecule has 0 rings (SSSR count). The third-order valence-corrected chi connectivity index (χ3v) is 1.45. The maximum absolute atomic E-state index is 10.2. The summed E-state index contributed by atoms with van der Waals surface area (Å²) in [4.78, 5) is 16.5. The summed E-state index contributed by atoms with van der Waals surface area (Å²) in [5.41, 5.74) is 0. The minimum atomic E-state index is -4.30. The van der Waals surface area contributed by atoms with Gasteiger partial charge in [0.15, 0.2) is 0 Å². The molecule has 0 aliphatic heterocycles. The molecule has 0 fully saturated rings. The average molecular weight is 166 g/mol. The van der Waals surface area contributed by atoms with Gasteiger partial charge in [0.05, 0.1) is 6.10 Å². The Hall–Kier alpha value is -0.150. The highest BCUT2D eigenvalue weighted by atomic mass is 31.2. The SMILES string of the molecule is C=CCC(C)OP(=O)(O)O. The van der Waals surface area contributed by atoms with Crippen LogP contribution >= 0.6 is 7.82 Å². The molecular weight excluding hydrogens is 155 g/mol. The Morgan fingerprint density at radius 2 is 2.30 bits per heavy atom. The molecule has 60 valence electrons. The maximum atomic E-state index is 10.2. The summed E-state index contributed by atoms with van der Waals surface area (Å²) in [7, 11) is -4.30. The van der Waals surface area contributed by atoms with Crippen molar-refractivity contribution in [1.82, 2.24) is 0 Å². The Bertz CT molecular complexity index is 150. The number of phosphoric ester groups is 1. The van der Waals surface area contributed by atoms with Crippen molar-refractivity contribution >= 4 is 7.82 Å². The highest BCUT2D eigenvalue weighted by Gasteiger charge is 2.17. The van der Waals surface area contributed by atoms with Gasteiger partial charge in [-0.1, -0.05) is 6.08 Å². The van der Waals surface area contributed by atoms with Gasteiger partial charge in [0.2, 0.25) is 0 Å². The van der Waals surface area contributed by atoms with E-state index in [0.717, 1.165) is 0 Å². The number of phosphoric acid groups is 1. The third kappa shape index (κ3) is 5.98. The zero-order valence-electron chi connectivity index (χ0n) is 5.73. The van der Waals surface area contributed by atoms with Crippen molar-refractivity contribution in [1.29, 1.82) is 0 Å². The largest absolute Gasteiger partial charge is 0.469 e. The molecule has 10 heavy (non-hydrogen) atoms. The molecular formula is C5H11O4P. The van der Waals surface area contributed by atoms with E-state index in [-0.39, 0.29) is 0 Å². The fraction of sp³-hybridized carbons (Fsp3) is 0.600. The monoisotopic (exact) mass is 166 g/mol. The van der Waals surface area contributed by atoms with Crippen molar-refractivity contribution in [3.63, 3.8) is 0 Å². The van der Waals surface area contributed by atoms with E-state index in [1.807, 2.05) is 0 Å². The molecule has 0 aromatic carbocycles. The fourth-order valence-electron chi connectivity index (χ4n) is 0.512. The van der Waals surface area contributed by atoms with E-state index in [1.54, 1.807) is 13.0 Å². The second kappa shape index (κ2) is 3.88. The van der Waals surface area contributed by atoms with Crippen LogP contribution in [0.4, 0.5) is 0 Å². The van der Waals surface area contributed by atoms with Gasteiger partial charge in [0.25, 0.3) is 0 Å². The second-order valence-electron chi connectivity index (χ2n) is 1.93. The van der Waals surface area contributed by atoms with Crippen LogP contribution in [0, 0.1) is 0 Å². The molecule has 1 atom stereocenters. The fourth-order valence-corrected chi connectivity index (χ4v) is 1.07. The smallest absolute Gasteiger partial charge is 0.303 e. The van der Waals surface area contributed by atoms with Crippen LogP contribution in [0.3, 0.4) is 0 Å². The molecule has 0 amide bonds. The number of hydrogen-bond acceptors (Lipinski definition) is 2. The van der Waals surface area contributed by atoms with Gasteiger partial charge in [-0.3, -0.25) is 4.52 Å². The summed E-state index contributed by atoms with van der Waals surface area (Å²) in [6, 6.07) is 0. The van der Waals surface area contributed by atoms with Gasteiger partial charge >= 0.3 is 7.82 Å². The molecule has 0 saturated carbocycles. The van der Waals surface area contributed by atoms with E-state index in [1.165, 1.54) is 0 Å². The first kappa shape index (κ1) is 9.85. The molecule has 0 spiro atoms. The summed E-state index contributed by atoms with van der Waals surface area (Å²) >= 11 is 0. The zero-order valence-corrected chi connectivity index (χ0v) is 6.62. The van der Waals surface area contributed by atoms with Crippen molar-refractivity contribution in [2.45, 2.75) is 19.4 Å². The van der Waals surface area contributed by atoms with Crippen LogP contribution in [-0.4, -0.2) is 15.9 Å². The van der Waals surface area contributed by atoms with Crippen molar-refractivity contribution in [2.75, 3.05) is 0 Å². The van der Waals surface area contributed by atoms with Gasteiger partial charge in [0, 0.05) is 0 Å². The van der Waals surface area contributed by atoms with Gasteiger partial charge in [-0.15, -0.1) is 6.58 Å². The summed E-state index contributed by atoms with van der Waals surface area (Å²) in [6.07, 6.45) is 1.50. The van der Waals surface area contributed by atoms with Crippen LogP contribution < -0.4 is 0 Å². The quantitative estimate of drug-likeness (QED) is 0.484. The highest BCUT2D eigenvalue weighted by molar-refractivity contribution is 7.46. The van der Waals surface area contributed by atoms with E-state index in [9.17, 15) is 4.57 Å². The van der Waals surface area contributed by atoms with Crippen LogP contribution in [0.5, 0.6) is 0 Å². The minimum absolute atomic E-state index is 0.436. The second-order valence-corrected chi connectivity index (χ2v) is 3.12. The van der Waals surface area contributed by atoms with E-state index in [2.05, 4.69) is 11.1 Å². The Morgan fingerprint density at radius 3 is 2.60 bits per heavy atom. The van der Waals surface area contributed by atoms with Crippen LogP contribution in [0.25, 0.3) is 0 Å². The third-order valence-electron chi connectivity index (χ3n) is 0.816. The van der Waals surface area contributed by atoms with Crippen LogP contribution in [0.2, 0.25) is 0 Å². The lowest BCUT2D eigenvalue weighted by molar-refractivity contribution is 0.146. The first-order valence-electron chi connectivity index (χ1n) is 2.80. The van der Waals surface area contributed by atoms with E-state index in [4.69, 9.17) is 9.79 Å². The molecule has 0 bridgehead atoms. The van der Waals surface area contributed by atoms with Gasteiger partial charge < -0.3 is 9.79 Å². The van der Waals surface area contributed by atoms with Crippen molar-refractivity contribution in [3.05, 3.63) is 12.7 Å². The number of hydrogen-bond donors (Lipinski definition) is 2. The molecule has 0 saturated heterocycles. The average Bonchev–Trinajstić information content (AvgIpc) is 1.59. The Balaban J connectivity index is 3.68. The normalized spacial score (nSPS) is 14.7. The minimum Gasteiger partial charge on any atom is -0.303 e. The topological polar surface area (TPSA) is 66.8 Å². The summed E-state index contributed by atoms with van der Waals surface area (Å²) in [5.74, 6) is 0. The van der Waals surface area contributed by atoms with Crippen molar-refractivity contribution < 1.29 is 18.9 Å². The lowest BCUT2D eigenvalue weighted by Crippen LogP contribution is -2.03. The molecule has 2 N–H and O–H groups in total. The molecule has 0 aromatic rings. The highest BCUT2D eigenvalue weighted by Crippen LogP contribution is 2.37. The molecule has 1 unspecified atom stereocenters. The van der Waals surface area contributed by atoms with Crippen LogP contribution in [0.1, 0.15) is 13.3 Å². The predicted molar refractivity (Wildman–Crippen MR) is 37.4 cm³/mol. The lowest BCUT2D eigenvalue weighted by Gasteiger charge is -2.10.